The molecular weight excluding hydrogens is 506 g/mol. The highest BCUT2D eigenvalue weighted by atomic mass is 16.5. The fraction of sp³-hybridized carbons (Fsp3) is 0.267. The van der Waals surface area contributed by atoms with Crippen LogP contribution in [0.5, 0.6) is 5.75 Å². The molecule has 10 nitrogen and oxygen atoms in total. The topological polar surface area (TPSA) is 115 Å². The van der Waals surface area contributed by atoms with Crippen molar-refractivity contribution in [2.75, 3.05) is 50.6 Å². The van der Waals surface area contributed by atoms with E-state index in [1.165, 1.54) is 0 Å². The van der Waals surface area contributed by atoms with Crippen molar-refractivity contribution in [1.82, 2.24) is 25.4 Å². The molecular formula is C30H33N7O3. The molecule has 1 atom stereocenters. The molecule has 3 heterocycles. The van der Waals surface area contributed by atoms with E-state index in [1.54, 1.807) is 25.4 Å². The molecule has 2 aromatic heterocycles. The predicted octanol–water partition coefficient (Wildman–Crippen LogP) is 3.27. The van der Waals surface area contributed by atoms with Gasteiger partial charge in [0.25, 0.3) is 5.91 Å². The number of nitrogens with one attached hydrogen (secondary N) is 3. The molecule has 1 saturated heterocycles. The number of pyridine rings is 1. The predicted molar refractivity (Wildman–Crippen MR) is 154 cm³/mol. The summed E-state index contributed by atoms with van der Waals surface area (Å²) in [6.07, 6.45) is 1.58. The lowest BCUT2D eigenvalue weighted by Crippen LogP contribution is -2.44. The summed E-state index contributed by atoms with van der Waals surface area (Å²) in [5, 5.41) is 13.0. The van der Waals surface area contributed by atoms with E-state index in [4.69, 9.17) is 4.74 Å². The highest BCUT2D eigenvalue weighted by Crippen LogP contribution is 2.27. The molecule has 4 aromatic rings. The third kappa shape index (κ3) is 6.47. The Bertz CT molecular complexity index is 1410. The maximum atomic E-state index is 13.4. The molecule has 0 aliphatic carbocycles. The number of methoxy groups -OCH3 is 1. The summed E-state index contributed by atoms with van der Waals surface area (Å²) in [5.41, 5.74) is 2.73. The van der Waals surface area contributed by atoms with Crippen LogP contribution in [0.1, 0.15) is 33.1 Å². The number of aromatic amines is 1. The summed E-state index contributed by atoms with van der Waals surface area (Å²) < 4.78 is 5.28. The van der Waals surface area contributed by atoms with E-state index in [-0.39, 0.29) is 11.8 Å². The van der Waals surface area contributed by atoms with E-state index in [9.17, 15) is 9.59 Å². The van der Waals surface area contributed by atoms with Gasteiger partial charge in [-0.3, -0.25) is 14.7 Å². The molecule has 1 fully saturated rings. The average Bonchev–Trinajstić information content (AvgIpc) is 3.45. The van der Waals surface area contributed by atoms with Gasteiger partial charge in [-0.15, -0.1) is 0 Å². The Morgan fingerprint density at radius 2 is 1.75 bits per heavy atom. The van der Waals surface area contributed by atoms with Crippen LogP contribution in [0.4, 0.5) is 11.6 Å². The Morgan fingerprint density at radius 1 is 1.00 bits per heavy atom. The molecule has 0 saturated carbocycles. The van der Waals surface area contributed by atoms with Crippen LogP contribution in [0.2, 0.25) is 0 Å². The van der Waals surface area contributed by atoms with Crippen LogP contribution in [-0.2, 0) is 11.3 Å². The van der Waals surface area contributed by atoms with Crippen molar-refractivity contribution in [1.29, 1.82) is 0 Å². The maximum absolute atomic E-state index is 13.4. The maximum Gasteiger partial charge on any atom is 0.258 e. The summed E-state index contributed by atoms with van der Waals surface area (Å²) in [4.78, 5) is 35.3. The number of carbonyl (C=O) groups excluding carboxylic acids is 2. The fourth-order valence-corrected chi connectivity index (χ4v) is 4.64. The number of aromatic nitrogens is 3. The number of hydrogen-bond acceptors (Lipinski definition) is 7. The molecule has 3 N–H and O–H groups in total. The van der Waals surface area contributed by atoms with Crippen molar-refractivity contribution >= 4 is 23.5 Å². The third-order valence-electron chi connectivity index (χ3n) is 7.01. The summed E-state index contributed by atoms with van der Waals surface area (Å²) >= 11 is 0. The van der Waals surface area contributed by atoms with Crippen LogP contribution >= 0.6 is 0 Å². The van der Waals surface area contributed by atoms with Crippen molar-refractivity contribution in [3.63, 3.8) is 0 Å². The molecule has 2 aromatic carbocycles. The largest absolute Gasteiger partial charge is 0.497 e. The Labute approximate surface area is 233 Å². The molecule has 2 amide bonds. The zero-order valence-electron chi connectivity index (χ0n) is 22.6. The van der Waals surface area contributed by atoms with Gasteiger partial charge in [0.2, 0.25) is 5.91 Å². The lowest BCUT2D eigenvalue weighted by atomic mass is 9.94. The van der Waals surface area contributed by atoms with Gasteiger partial charge in [0.15, 0.2) is 5.82 Å². The lowest BCUT2D eigenvalue weighted by molar-refractivity contribution is -0.121. The second-order valence-corrected chi connectivity index (χ2v) is 9.77. The van der Waals surface area contributed by atoms with Gasteiger partial charge in [-0.05, 0) is 42.4 Å². The summed E-state index contributed by atoms with van der Waals surface area (Å²) in [6, 6.07) is 22.3. The van der Waals surface area contributed by atoms with Crippen LogP contribution in [0.15, 0.2) is 79.0 Å². The molecule has 5 rings (SSSR count). The van der Waals surface area contributed by atoms with Gasteiger partial charge in [-0.2, -0.15) is 5.10 Å². The molecule has 1 unspecified atom stereocenters. The average molecular weight is 540 g/mol. The number of hydrogen-bond donors (Lipinski definition) is 3. The highest BCUT2D eigenvalue weighted by Gasteiger charge is 2.25. The molecule has 0 bridgehead atoms. The first-order valence-electron chi connectivity index (χ1n) is 13.2. The molecule has 206 valence electrons. The molecule has 40 heavy (non-hydrogen) atoms. The summed E-state index contributed by atoms with van der Waals surface area (Å²) in [6.45, 7) is 4.15. The minimum Gasteiger partial charge on any atom is -0.497 e. The number of amides is 2. The van der Waals surface area contributed by atoms with Gasteiger partial charge >= 0.3 is 0 Å². The van der Waals surface area contributed by atoms with Crippen molar-refractivity contribution in [3.8, 4) is 5.75 Å². The van der Waals surface area contributed by atoms with Gasteiger partial charge in [-0.1, -0.05) is 42.5 Å². The van der Waals surface area contributed by atoms with Crippen LogP contribution < -0.4 is 20.3 Å². The van der Waals surface area contributed by atoms with E-state index in [0.717, 1.165) is 43.1 Å². The van der Waals surface area contributed by atoms with Crippen LogP contribution in [0.3, 0.4) is 0 Å². The van der Waals surface area contributed by atoms with E-state index in [0.29, 0.717) is 29.4 Å². The first-order chi connectivity index (χ1) is 19.5. The molecule has 1 aliphatic rings. The number of H-pyrrole nitrogens is 1. The number of carbonyl (C=O) groups is 2. The lowest BCUT2D eigenvalue weighted by Gasteiger charge is -2.33. The Hall–Kier alpha value is -4.70. The van der Waals surface area contributed by atoms with Gasteiger partial charge in [0.1, 0.15) is 17.5 Å². The Morgan fingerprint density at radius 3 is 2.42 bits per heavy atom. The second-order valence-electron chi connectivity index (χ2n) is 9.77. The van der Waals surface area contributed by atoms with Gasteiger partial charge in [-0.25, -0.2) is 4.98 Å². The SMILES string of the molecule is COc1ccc(C(C(=O)NCc2ccccc2)c2cc(NC(=O)c3ccc(N4CCN(C)CC4)nc3)n[nH]2)cc1. The van der Waals surface area contributed by atoms with Crippen molar-refractivity contribution in [2.24, 2.45) is 0 Å². The molecule has 0 radical (unpaired) electrons. The van der Waals surface area contributed by atoms with Gasteiger partial charge in [0.05, 0.1) is 18.4 Å². The Kier molecular flexibility index (Phi) is 8.36. The van der Waals surface area contributed by atoms with Gasteiger partial charge in [0, 0.05) is 45.0 Å². The number of piperazine rings is 1. The van der Waals surface area contributed by atoms with Crippen LogP contribution in [0.25, 0.3) is 0 Å². The van der Waals surface area contributed by atoms with E-state index in [2.05, 4.69) is 42.7 Å². The second kappa shape index (κ2) is 12.4. The molecule has 1 aliphatic heterocycles. The number of benzene rings is 2. The number of likely N-dealkylation sites (N-methyl/N-ethyl adjacent to an activating group) is 1. The highest BCUT2D eigenvalue weighted by molar-refractivity contribution is 6.03. The third-order valence-corrected chi connectivity index (χ3v) is 7.01. The summed E-state index contributed by atoms with van der Waals surface area (Å²) in [7, 11) is 3.70. The monoisotopic (exact) mass is 539 g/mol. The van der Waals surface area contributed by atoms with Crippen molar-refractivity contribution in [2.45, 2.75) is 12.5 Å². The summed E-state index contributed by atoms with van der Waals surface area (Å²) in [5.74, 6) is 0.673. The smallest absolute Gasteiger partial charge is 0.258 e. The fourth-order valence-electron chi connectivity index (χ4n) is 4.64. The Balaban J connectivity index is 1.29. The van der Waals surface area contributed by atoms with E-state index in [1.807, 2.05) is 60.7 Å². The number of anilines is 2. The minimum atomic E-state index is -0.669. The molecule has 10 heteroatoms. The zero-order chi connectivity index (χ0) is 27.9. The van der Waals surface area contributed by atoms with Crippen LogP contribution in [-0.4, -0.2) is 72.2 Å². The van der Waals surface area contributed by atoms with Crippen molar-refractivity contribution in [3.05, 3.63) is 101 Å². The quantitative estimate of drug-likeness (QED) is 0.299. The normalized spacial score (nSPS) is 14.4. The van der Waals surface area contributed by atoms with E-state index < -0.39 is 5.92 Å². The number of rotatable bonds is 9. The molecule has 0 spiro atoms. The zero-order valence-corrected chi connectivity index (χ0v) is 22.6. The number of nitrogens with zero attached hydrogens (tertiary/aromatic N) is 4. The first-order valence-corrected chi connectivity index (χ1v) is 13.2. The van der Waals surface area contributed by atoms with E-state index >= 15 is 0 Å². The van der Waals surface area contributed by atoms with Crippen molar-refractivity contribution < 1.29 is 14.3 Å². The minimum absolute atomic E-state index is 0.195. The standard InChI is InChI=1S/C30H33N7O3/c1-36-14-16-37(17-15-36)27-13-10-23(20-31-27)29(38)33-26-18-25(34-35-26)28(22-8-11-24(40-2)12-9-22)30(39)32-19-21-6-4-3-5-7-21/h3-13,18,20,28H,14-17,19H2,1-2H3,(H,32,39)(H2,33,34,35,38). The first kappa shape index (κ1) is 26.9. The van der Waals surface area contributed by atoms with Crippen LogP contribution in [0, 0.1) is 0 Å². The number of ether oxygens (including phenoxy) is 1. The van der Waals surface area contributed by atoms with Gasteiger partial charge < -0.3 is 25.2 Å².